The molecule has 0 aliphatic heterocycles. The van der Waals surface area contributed by atoms with Crippen LogP contribution in [0.1, 0.15) is 39.3 Å². The van der Waals surface area contributed by atoms with Crippen LogP contribution in [-0.2, 0) is 9.53 Å². The number of nitrogens with one attached hydrogen (secondary N) is 1. The van der Waals surface area contributed by atoms with Gasteiger partial charge in [0.25, 0.3) is 0 Å². The van der Waals surface area contributed by atoms with Gasteiger partial charge in [-0.15, -0.1) is 0 Å². The molecule has 1 rings (SSSR count). The number of carbonyl (C=O) groups excluding carboxylic acids is 2. The Kier molecular flexibility index (Phi) is 5.58. The van der Waals surface area contributed by atoms with E-state index in [0.717, 1.165) is 0 Å². The molecule has 0 radical (unpaired) electrons. The number of aromatic hydroxyl groups is 1. The Bertz CT molecular complexity index is 507. The minimum absolute atomic E-state index is 0.174. The number of aldehydes is 1. The Hall–Kier alpha value is -2.24. The third-order valence-electron chi connectivity index (χ3n) is 2.47. The number of para-hydroxylation sites is 1. The third kappa shape index (κ3) is 4.98. The molecule has 1 unspecified atom stereocenters. The molecule has 1 aromatic carbocycles. The van der Waals surface area contributed by atoms with Gasteiger partial charge in [-0.05, 0) is 33.8 Å². The molecule has 0 spiro atoms. The Morgan fingerprint density at radius 3 is 2.62 bits per heavy atom. The largest absolute Gasteiger partial charge is 0.504 e. The van der Waals surface area contributed by atoms with Crippen molar-refractivity contribution in [3.63, 3.8) is 0 Å². The van der Waals surface area contributed by atoms with Crippen molar-refractivity contribution in [2.45, 2.75) is 39.3 Å². The van der Waals surface area contributed by atoms with Gasteiger partial charge in [-0.25, -0.2) is 4.79 Å². The predicted molar refractivity (Wildman–Crippen MR) is 77.5 cm³/mol. The second-order valence-corrected chi connectivity index (χ2v) is 5.39. The lowest BCUT2D eigenvalue weighted by Crippen LogP contribution is -2.35. The van der Waals surface area contributed by atoms with Crippen LogP contribution in [0, 0.1) is 0 Å². The summed E-state index contributed by atoms with van der Waals surface area (Å²) < 4.78 is 10.3. The SMILES string of the molecule is CCOc1cccc(C(C=O)NC(=O)OC(C)(C)C)c1O. The fourth-order valence-electron chi connectivity index (χ4n) is 1.68. The van der Waals surface area contributed by atoms with Crippen LogP contribution in [0.5, 0.6) is 11.5 Å². The van der Waals surface area contributed by atoms with Gasteiger partial charge in [-0.3, -0.25) is 0 Å². The van der Waals surface area contributed by atoms with E-state index in [9.17, 15) is 14.7 Å². The third-order valence-corrected chi connectivity index (χ3v) is 2.47. The van der Waals surface area contributed by atoms with Crippen LogP contribution >= 0.6 is 0 Å². The number of alkyl carbamates (subject to hydrolysis) is 1. The van der Waals surface area contributed by atoms with Gasteiger partial charge in [-0.1, -0.05) is 12.1 Å². The maximum atomic E-state index is 11.7. The first-order valence-corrected chi connectivity index (χ1v) is 6.68. The number of phenolic OH excluding ortho intramolecular Hbond substituents is 1. The summed E-state index contributed by atoms with van der Waals surface area (Å²) in [6.07, 6.45) is -0.213. The van der Waals surface area contributed by atoms with E-state index in [4.69, 9.17) is 9.47 Å². The summed E-state index contributed by atoms with van der Waals surface area (Å²) in [6.45, 7) is 7.31. The lowest BCUT2D eigenvalue weighted by atomic mass is 10.1. The normalized spacial score (nSPS) is 12.4. The number of amides is 1. The zero-order valence-corrected chi connectivity index (χ0v) is 12.7. The highest BCUT2D eigenvalue weighted by Crippen LogP contribution is 2.33. The number of ether oxygens (including phenoxy) is 2. The summed E-state index contributed by atoms with van der Waals surface area (Å²) in [5, 5.41) is 12.5. The van der Waals surface area contributed by atoms with E-state index in [1.807, 2.05) is 0 Å². The molecule has 116 valence electrons. The summed E-state index contributed by atoms with van der Waals surface area (Å²) in [6, 6.07) is 3.74. The van der Waals surface area contributed by atoms with Crippen molar-refractivity contribution < 1.29 is 24.2 Å². The lowest BCUT2D eigenvalue weighted by Gasteiger charge is -2.22. The molecule has 1 aromatic rings. The van der Waals surface area contributed by atoms with E-state index < -0.39 is 17.7 Å². The molecule has 0 heterocycles. The van der Waals surface area contributed by atoms with Crippen LogP contribution < -0.4 is 10.1 Å². The Labute approximate surface area is 124 Å². The zero-order valence-electron chi connectivity index (χ0n) is 12.7. The maximum Gasteiger partial charge on any atom is 0.408 e. The minimum Gasteiger partial charge on any atom is -0.504 e. The van der Waals surface area contributed by atoms with Gasteiger partial charge in [-0.2, -0.15) is 0 Å². The van der Waals surface area contributed by atoms with Gasteiger partial charge in [0.05, 0.1) is 6.61 Å². The first kappa shape index (κ1) is 16.8. The van der Waals surface area contributed by atoms with E-state index >= 15 is 0 Å². The van der Waals surface area contributed by atoms with E-state index in [1.54, 1.807) is 39.8 Å². The average Bonchev–Trinajstić information content (AvgIpc) is 2.37. The van der Waals surface area contributed by atoms with Crippen molar-refractivity contribution in [2.75, 3.05) is 6.61 Å². The smallest absolute Gasteiger partial charge is 0.408 e. The predicted octanol–water partition coefficient (Wildman–Crippen LogP) is 2.56. The van der Waals surface area contributed by atoms with Gasteiger partial charge in [0.1, 0.15) is 17.9 Å². The summed E-state index contributed by atoms with van der Waals surface area (Å²) >= 11 is 0. The Morgan fingerprint density at radius 2 is 2.10 bits per heavy atom. The monoisotopic (exact) mass is 295 g/mol. The van der Waals surface area contributed by atoms with Crippen LogP contribution in [0.4, 0.5) is 4.79 Å². The molecule has 0 aliphatic carbocycles. The van der Waals surface area contributed by atoms with Crippen molar-refractivity contribution in [1.29, 1.82) is 0 Å². The number of benzene rings is 1. The first-order valence-electron chi connectivity index (χ1n) is 6.68. The van der Waals surface area contributed by atoms with Crippen molar-refractivity contribution in [2.24, 2.45) is 0 Å². The van der Waals surface area contributed by atoms with Crippen LogP contribution in [0.2, 0.25) is 0 Å². The molecule has 0 aromatic heterocycles. The number of carbonyl (C=O) groups is 2. The van der Waals surface area contributed by atoms with Gasteiger partial charge in [0.2, 0.25) is 0 Å². The van der Waals surface area contributed by atoms with Crippen molar-refractivity contribution in [3.05, 3.63) is 23.8 Å². The molecule has 6 heteroatoms. The quantitative estimate of drug-likeness (QED) is 0.815. The van der Waals surface area contributed by atoms with E-state index in [0.29, 0.717) is 12.9 Å². The molecule has 1 atom stereocenters. The summed E-state index contributed by atoms with van der Waals surface area (Å²) in [5.74, 6) is 0.0837. The van der Waals surface area contributed by atoms with Crippen LogP contribution in [0.25, 0.3) is 0 Å². The molecular weight excluding hydrogens is 274 g/mol. The highest BCUT2D eigenvalue weighted by molar-refractivity contribution is 5.75. The fourth-order valence-corrected chi connectivity index (χ4v) is 1.68. The number of rotatable bonds is 5. The van der Waals surface area contributed by atoms with Crippen LogP contribution in [0.3, 0.4) is 0 Å². The average molecular weight is 295 g/mol. The van der Waals surface area contributed by atoms with E-state index in [-0.39, 0.29) is 17.1 Å². The molecule has 0 saturated carbocycles. The Morgan fingerprint density at radius 1 is 1.43 bits per heavy atom. The second-order valence-electron chi connectivity index (χ2n) is 5.39. The maximum absolute atomic E-state index is 11.7. The summed E-state index contributed by atoms with van der Waals surface area (Å²) in [5.41, 5.74) is -0.422. The van der Waals surface area contributed by atoms with Gasteiger partial charge in [0, 0.05) is 5.56 Å². The standard InChI is InChI=1S/C15H21NO5/c1-5-20-12-8-6-7-10(13(12)18)11(9-17)16-14(19)21-15(2,3)4/h6-9,11,18H,5H2,1-4H3,(H,16,19). The fraction of sp³-hybridized carbons (Fsp3) is 0.467. The Balaban J connectivity index is 2.93. The van der Waals surface area contributed by atoms with E-state index in [2.05, 4.69) is 5.32 Å². The molecule has 0 aliphatic rings. The number of hydrogen-bond donors (Lipinski definition) is 2. The van der Waals surface area contributed by atoms with Crippen molar-refractivity contribution in [1.82, 2.24) is 5.32 Å². The summed E-state index contributed by atoms with van der Waals surface area (Å²) in [7, 11) is 0. The van der Waals surface area contributed by atoms with Gasteiger partial charge < -0.3 is 24.7 Å². The van der Waals surface area contributed by atoms with Crippen molar-refractivity contribution in [3.8, 4) is 11.5 Å². The number of hydrogen-bond acceptors (Lipinski definition) is 5. The van der Waals surface area contributed by atoms with Crippen LogP contribution in [-0.4, -0.2) is 29.7 Å². The van der Waals surface area contributed by atoms with Gasteiger partial charge >= 0.3 is 6.09 Å². The number of phenols is 1. The topological polar surface area (TPSA) is 84.9 Å². The lowest BCUT2D eigenvalue weighted by molar-refractivity contribution is -0.109. The molecule has 6 nitrogen and oxygen atoms in total. The molecule has 0 bridgehead atoms. The molecular formula is C15H21NO5. The molecule has 2 N–H and O–H groups in total. The van der Waals surface area contributed by atoms with Crippen molar-refractivity contribution >= 4 is 12.4 Å². The second kappa shape index (κ2) is 6.97. The minimum atomic E-state index is -1.01. The molecule has 0 fully saturated rings. The molecule has 21 heavy (non-hydrogen) atoms. The van der Waals surface area contributed by atoms with Crippen LogP contribution in [0.15, 0.2) is 18.2 Å². The first-order chi connectivity index (χ1) is 9.78. The molecule has 0 saturated heterocycles. The van der Waals surface area contributed by atoms with E-state index in [1.165, 1.54) is 6.07 Å². The van der Waals surface area contributed by atoms with Gasteiger partial charge in [0.15, 0.2) is 11.5 Å². The molecule has 1 amide bonds. The highest BCUT2D eigenvalue weighted by Gasteiger charge is 2.23. The highest BCUT2D eigenvalue weighted by atomic mass is 16.6. The summed E-state index contributed by atoms with van der Waals surface area (Å²) in [4.78, 5) is 22.9. The zero-order chi connectivity index (χ0) is 16.0.